The van der Waals surface area contributed by atoms with Gasteiger partial charge in [-0.1, -0.05) is 30.3 Å². The number of benzene rings is 2. The van der Waals surface area contributed by atoms with Crippen LogP contribution in [0.1, 0.15) is 40.3 Å². The lowest BCUT2D eigenvalue weighted by Crippen LogP contribution is -2.47. The molecule has 4 aromatic rings. The minimum Gasteiger partial charge on any atom is -0.357 e. The molecule has 4 rings (SSSR count). The van der Waals surface area contributed by atoms with Crippen molar-refractivity contribution < 1.29 is 18.8 Å². The Morgan fingerprint density at radius 2 is 1.76 bits per heavy atom. The lowest BCUT2D eigenvalue weighted by Gasteiger charge is -2.19. The van der Waals surface area contributed by atoms with E-state index in [1.165, 1.54) is 19.4 Å². The van der Waals surface area contributed by atoms with Gasteiger partial charge in [0.15, 0.2) is 5.65 Å². The second kappa shape index (κ2) is 11.6. The zero-order valence-electron chi connectivity index (χ0n) is 21.4. The number of hydrogen-bond donors (Lipinski definition) is 3. The lowest BCUT2D eigenvalue weighted by molar-refractivity contribution is -0.122. The summed E-state index contributed by atoms with van der Waals surface area (Å²) in [4.78, 5) is 52.2. The third kappa shape index (κ3) is 5.54. The third-order valence-electron chi connectivity index (χ3n) is 6.37. The van der Waals surface area contributed by atoms with E-state index < -0.39 is 23.7 Å². The molecule has 38 heavy (non-hydrogen) atoms. The van der Waals surface area contributed by atoms with Crippen LogP contribution in [-0.2, 0) is 11.2 Å². The number of rotatable bonds is 9. The molecule has 0 saturated heterocycles. The average molecular weight is 517 g/mol. The van der Waals surface area contributed by atoms with Gasteiger partial charge in [0, 0.05) is 37.7 Å². The highest BCUT2D eigenvalue weighted by molar-refractivity contribution is 6.03. The van der Waals surface area contributed by atoms with E-state index in [1.54, 1.807) is 53.4 Å². The molecular weight excluding hydrogens is 487 g/mol. The molecule has 0 radical (unpaired) electrons. The van der Waals surface area contributed by atoms with Crippen molar-refractivity contribution in [3.63, 3.8) is 0 Å². The highest BCUT2D eigenvalue weighted by Crippen LogP contribution is 2.26. The molecular formula is C28H29FN6O3. The van der Waals surface area contributed by atoms with Gasteiger partial charge in [-0.25, -0.2) is 14.4 Å². The van der Waals surface area contributed by atoms with Gasteiger partial charge in [-0.2, -0.15) is 0 Å². The van der Waals surface area contributed by atoms with Gasteiger partial charge in [-0.05, 0) is 49.2 Å². The molecule has 10 heteroatoms. The summed E-state index contributed by atoms with van der Waals surface area (Å²) in [7, 11) is 1.45. The highest BCUT2D eigenvalue weighted by Gasteiger charge is 2.25. The lowest BCUT2D eigenvalue weighted by atomic mass is 10.00. The van der Waals surface area contributed by atoms with Crippen LogP contribution in [0.4, 0.5) is 4.39 Å². The maximum atomic E-state index is 14.3. The minimum atomic E-state index is -1.04. The molecule has 0 spiro atoms. The first kappa shape index (κ1) is 26.5. The van der Waals surface area contributed by atoms with Crippen molar-refractivity contribution in [1.82, 2.24) is 30.5 Å². The van der Waals surface area contributed by atoms with Crippen LogP contribution in [-0.4, -0.2) is 63.8 Å². The standard InChI is InChI=1S/C28H29FN6O3/c1-4-35(5-2)28(38)18-12-10-17(11-13-18)20-15-22-25(32-16-31-22)34-24(20)27(37)33-23(26(36)30-3)14-19-8-6-7-9-21(19)29/h6-13,15-16,23H,4-5,14H2,1-3H3,(H,30,36)(H,33,37)(H,31,32,34)/t23-/m0/s1. The van der Waals surface area contributed by atoms with E-state index in [1.807, 2.05) is 13.8 Å². The number of nitrogens with zero attached hydrogens (tertiary/aromatic N) is 3. The van der Waals surface area contributed by atoms with E-state index in [2.05, 4.69) is 25.6 Å². The number of hydrogen-bond acceptors (Lipinski definition) is 5. The summed E-state index contributed by atoms with van der Waals surface area (Å²) >= 11 is 0. The topological polar surface area (TPSA) is 120 Å². The Kier molecular flexibility index (Phi) is 8.10. The van der Waals surface area contributed by atoms with Crippen LogP contribution < -0.4 is 10.6 Å². The van der Waals surface area contributed by atoms with E-state index in [0.29, 0.717) is 46.5 Å². The third-order valence-corrected chi connectivity index (χ3v) is 6.37. The molecule has 0 aliphatic rings. The maximum absolute atomic E-state index is 14.3. The molecule has 0 saturated carbocycles. The summed E-state index contributed by atoms with van der Waals surface area (Å²) in [5.41, 5.74) is 2.97. The van der Waals surface area contributed by atoms with Gasteiger partial charge in [0.05, 0.1) is 11.8 Å². The fourth-order valence-corrected chi connectivity index (χ4v) is 4.24. The van der Waals surface area contributed by atoms with E-state index in [-0.39, 0.29) is 18.0 Å². The Balaban J connectivity index is 1.68. The molecule has 0 unspecified atom stereocenters. The SMILES string of the molecule is CCN(CC)C(=O)c1ccc(-c2cc3[nH]cnc3nc2C(=O)N[C@@H](Cc2ccccc2F)C(=O)NC)cc1. The highest BCUT2D eigenvalue weighted by atomic mass is 19.1. The van der Waals surface area contributed by atoms with Crippen LogP contribution in [0.25, 0.3) is 22.3 Å². The summed E-state index contributed by atoms with van der Waals surface area (Å²) in [6.45, 7) is 5.04. The van der Waals surface area contributed by atoms with Crippen LogP contribution in [0.2, 0.25) is 0 Å². The second-order valence-corrected chi connectivity index (χ2v) is 8.65. The van der Waals surface area contributed by atoms with Crippen molar-refractivity contribution in [2.75, 3.05) is 20.1 Å². The molecule has 196 valence electrons. The Hall–Kier alpha value is -4.60. The Morgan fingerprint density at radius 3 is 2.42 bits per heavy atom. The number of imidazole rings is 1. The van der Waals surface area contributed by atoms with E-state index in [4.69, 9.17) is 0 Å². The fraction of sp³-hybridized carbons (Fsp3) is 0.250. The van der Waals surface area contributed by atoms with E-state index in [9.17, 15) is 18.8 Å². The number of H-pyrrole nitrogens is 1. The summed E-state index contributed by atoms with van der Waals surface area (Å²) in [6.07, 6.45) is 1.43. The summed E-state index contributed by atoms with van der Waals surface area (Å²) in [5.74, 6) is -1.63. The van der Waals surface area contributed by atoms with Crippen molar-refractivity contribution in [3.8, 4) is 11.1 Å². The monoisotopic (exact) mass is 516 g/mol. The van der Waals surface area contributed by atoms with Crippen LogP contribution in [0.5, 0.6) is 0 Å². The zero-order chi connectivity index (χ0) is 27.2. The van der Waals surface area contributed by atoms with Gasteiger partial charge >= 0.3 is 0 Å². The largest absolute Gasteiger partial charge is 0.357 e. The van der Waals surface area contributed by atoms with Crippen molar-refractivity contribution in [2.45, 2.75) is 26.3 Å². The van der Waals surface area contributed by atoms with Crippen LogP contribution in [0.3, 0.4) is 0 Å². The van der Waals surface area contributed by atoms with Crippen LogP contribution in [0.15, 0.2) is 60.9 Å². The maximum Gasteiger partial charge on any atom is 0.271 e. The number of pyridine rings is 1. The molecule has 0 aliphatic carbocycles. The smallest absolute Gasteiger partial charge is 0.271 e. The number of fused-ring (bicyclic) bond motifs is 1. The first-order valence-electron chi connectivity index (χ1n) is 12.4. The van der Waals surface area contributed by atoms with Crippen molar-refractivity contribution in [1.29, 1.82) is 0 Å². The van der Waals surface area contributed by atoms with E-state index in [0.717, 1.165) is 0 Å². The van der Waals surface area contributed by atoms with Crippen LogP contribution >= 0.6 is 0 Å². The van der Waals surface area contributed by atoms with Crippen LogP contribution in [0, 0.1) is 5.82 Å². The molecule has 0 aliphatic heterocycles. The van der Waals surface area contributed by atoms with Crippen molar-refractivity contribution in [3.05, 3.63) is 83.6 Å². The molecule has 2 aromatic carbocycles. The van der Waals surface area contributed by atoms with Gasteiger partial charge in [0.2, 0.25) is 5.91 Å². The van der Waals surface area contributed by atoms with Gasteiger partial charge in [0.25, 0.3) is 11.8 Å². The fourth-order valence-electron chi connectivity index (χ4n) is 4.24. The average Bonchev–Trinajstić information content (AvgIpc) is 3.41. The number of aromatic nitrogens is 3. The van der Waals surface area contributed by atoms with Gasteiger partial charge in [-0.15, -0.1) is 0 Å². The normalized spacial score (nSPS) is 11.7. The molecule has 1 atom stereocenters. The van der Waals surface area contributed by atoms with Gasteiger partial charge in [0.1, 0.15) is 17.6 Å². The first-order chi connectivity index (χ1) is 18.4. The predicted octanol–water partition coefficient (Wildman–Crippen LogP) is 3.33. The van der Waals surface area contributed by atoms with Crippen molar-refractivity contribution >= 4 is 28.9 Å². The zero-order valence-corrected chi connectivity index (χ0v) is 21.4. The molecule has 9 nitrogen and oxygen atoms in total. The number of carbonyl (C=O) groups excluding carboxylic acids is 3. The Labute approximate surface area is 219 Å². The Bertz CT molecular complexity index is 1460. The van der Waals surface area contributed by atoms with Crippen molar-refractivity contribution in [2.24, 2.45) is 0 Å². The number of halogens is 1. The van der Waals surface area contributed by atoms with Gasteiger partial charge < -0.3 is 20.5 Å². The number of nitrogens with one attached hydrogen (secondary N) is 3. The quantitative estimate of drug-likeness (QED) is 0.315. The Morgan fingerprint density at radius 1 is 1.05 bits per heavy atom. The summed E-state index contributed by atoms with van der Waals surface area (Å²) in [6, 6.07) is 13.7. The summed E-state index contributed by atoms with van der Waals surface area (Å²) < 4.78 is 14.3. The molecule has 0 fully saturated rings. The number of carbonyl (C=O) groups is 3. The second-order valence-electron chi connectivity index (χ2n) is 8.65. The summed E-state index contributed by atoms with van der Waals surface area (Å²) in [5, 5.41) is 5.23. The number of likely N-dealkylation sites (N-methyl/N-ethyl adjacent to an activating group) is 1. The molecule has 3 amide bonds. The molecule has 2 heterocycles. The van der Waals surface area contributed by atoms with E-state index >= 15 is 0 Å². The number of amides is 3. The van der Waals surface area contributed by atoms with Gasteiger partial charge in [-0.3, -0.25) is 14.4 Å². The molecule has 2 aromatic heterocycles. The predicted molar refractivity (Wildman–Crippen MR) is 142 cm³/mol. The molecule has 3 N–H and O–H groups in total. The molecule has 0 bridgehead atoms. The first-order valence-corrected chi connectivity index (χ1v) is 12.4. The number of aromatic amines is 1. The minimum absolute atomic E-state index is 0.0414.